The van der Waals surface area contributed by atoms with E-state index in [-0.39, 0.29) is 11.9 Å². The molecule has 0 radical (unpaired) electrons. The number of ether oxygens (including phenoxy) is 2. The van der Waals surface area contributed by atoms with Crippen molar-refractivity contribution in [2.75, 3.05) is 19.8 Å². The van der Waals surface area contributed by atoms with Crippen molar-refractivity contribution < 1.29 is 14.3 Å². The Morgan fingerprint density at radius 2 is 1.77 bits per heavy atom. The first kappa shape index (κ1) is 18.3. The van der Waals surface area contributed by atoms with E-state index in [4.69, 9.17) is 9.47 Å². The molecule has 1 fully saturated rings. The molecule has 1 amide bonds. The maximum absolute atomic E-state index is 11.6. The molecule has 1 unspecified atom stereocenters. The summed E-state index contributed by atoms with van der Waals surface area (Å²) in [6, 6.07) is 13.9. The topological polar surface area (TPSA) is 59.6 Å². The predicted octanol–water partition coefficient (Wildman–Crippen LogP) is 2.74. The number of hydrogen-bond donors (Lipinski definition) is 2. The number of para-hydroxylation sites is 1. The molecule has 5 heteroatoms. The van der Waals surface area contributed by atoms with Gasteiger partial charge in [0, 0.05) is 13.1 Å². The molecule has 138 valence electrons. The first-order valence-electron chi connectivity index (χ1n) is 9.05. The zero-order valence-electron chi connectivity index (χ0n) is 15.4. The lowest BCUT2D eigenvalue weighted by atomic mass is 10.1. The maximum atomic E-state index is 11.6. The summed E-state index contributed by atoms with van der Waals surface area (Å²) in [6.45, 7) is 6.53. The van der Waals surface area contributed by atoms with Crippen LogP contribution in [-0.2, 0) is 11.3 Å². The van der Waals surface area contributed by atoms with Crippen LogP contribution in [0.4, 0.5) is 0 Å². The van der Waals surface area contributed by atoms with Crippen molar-refractivity contribution in [3.8, 4) is 11.5 Å². The third-order valence-corrected chi connectivity index (χ3v) is 4.46. The Hall–Kier alpha value is -2.53. The summed E-state index contributed by atoms with van der Waals surface area (Å²) in [5.41, 5.74) is 3.35. The lowest BCUT2D eigenvalue weighted by molar-refractivity contribution is -0.120. The van der Waals surface area contributed by atoms with Gasteiger partial charge in [-0.2, -0.15) is 0 Å². The highest BCUT2D eigenvalue weighted by atomic mass is 16.5. The number of carbonyl (C=O) groups is 1. The van der Waals surface area contributed by atoms with E-state index >= 15 is 0 Å². The maximum Gasteiger partial charge on any atom is 0.237 e. The summed E-state index contributed by atoms with van der Waals surface area (Å²) in [5.74, 6) is 1.85. The van der Waals surface area contributed by atoms with Crippen molar-refractivity contribution in [2.24, 2.45) is 0 Å². The molecule has 1 aliphatic heterocycles. The van der Waals surface area contributed by atoms with Gasteiger partial charge in [-0.25, -0.2) is 0 Å². The van der Waals surface area contributed by atoms with E-state index in [1.165, 1.54) is 0 Å². The van der Waals surface area contributed by atoms with Gasteiger partial charge < -0.3 is 20.1 Å². The smallest absolute Gasteiger partial charge is 0.237 e. The molecule has 0 saturated carbocycles. The van der Waals surface area contributed by atoms with Crippen LogP contribution in [-0.4, -0.2) is 31.7 Å². The molecule has 2 N–H and O–H groups in total. The van der Waals surface area contributed by atoms with Gasteiger partial charge in [-0.05, 0) is 49.1 Å². The number of nitrogens with one attached hydrogen (secondary N) is 2. The summed E-state index contributed by atoms with van der Waals surface area (Å²) in [4.78, 5) is 11.6. The summed E-state index contributed by atoms with van der Waals surface area (Å²) in [7, 11) is 0. The zero-order chi connectivity index (χ0) is 18.4. The molecule has 0 aromatic heterocycles. The lowest BCUT2D eigenvalue weighted by Gasteiger charge is -2.16. The summed E-state index contributed by atoms with van der Waals surface area (Å²) >= 11 is 0. The lowest BCUT2D eigenvalue weighted by Crippen LogP contribution is -2.35. The van der Waals surface area contributed by atoms with Gasteiger partial charge in [0.25, 0.3) is 0 Å². The van der Waals surface area contributed by atoms with Crippen LogP contribution in [0.25, 0.3) is 0 Å². The van der Waals surface area contributed by atoms with Gasteiger partial charge in [-0.15, -0.1) is 0 Å². The average molecular weight is 354 g/mol. The van der Waals surface area contributed by atoms with E-state index in [0.717, 1.165) is 41.2 Å². The molecule has 1 heterocycles. The Morgan fingerprint density at radius 3 is 2.42 bits per heavy atom. The fourth-order valence-electron chi connectivity index (χ4n) is 3.22. The third-order valence-electron chi connectivity index (χ3n) is 4.46. The van der Waals surface area contributed by atoms with E-state index in [2.05, 4.69) is 22.8 Å². The van der Waals surface area contributed by atoms with Gasteiger partial charge in [0.05, 0.1) is 6.04 Å². The molecule has 0 bridgehead atoms. The minimum absolute atomic E-state index is 0.0818. The van der Waals surface area contributed by atoms with Crippen molar-refractivity contribution in [3.63, 3.8) is 0 Å². The van der Waals surface area contributed by atoms with Crippen LogP contribution in [0, 0.1) is 13.8 Å². The van der Waals surface area contributed by atoms with Crippen molar-refractivity contribution in [2.45, 2.75) is 32.9 Å². The zero-order valence-corrected chi connectivity index (χ0v) is 15.4. The molecule has 5 nitrogen and oxygen atoms in total. The molecule has 1 aliphatic rings. The second-order valence-electron chi connectivity index (χ2n) is 6.58. The number of amides is 1. The monoisotopic (exact) mass is 354 g/mol. The molecule has 26 heavy (non-hydrogen) atoms. The van der Waals surface area contributed by atoms with Gasteiger partial charge in [0.15, 0.2) is 0 Å². The molecular formula is C21H26N2O3. The molecule has 2 aromatic rings. The molecule has 0 aliphatic carbocycles. The Bertz CT molecular complexity index is 723. The molecule has 1 saturated heterocycles. The SMILES string of the molecule is Cc1cc(CNC2CCNC2=O)cc(C)c1OCCOc1ccccc1. The van der Waals surface area contributed by atoms with Crippen LogP contribution in [0.2, 0.25) is 0 Å². The van der Waals surface area contributed by atoms with Gasteiger partial charge >= 0.3 is 0 Å². The first-order valence-corrected chi connectivity index (χ1v) is 9.05. The molecular weight excluding hydrogens is 328 g/mol. The van der Waals surface area contributed by atoms with Crippen LogP contribution in [0.15, 0.2) is 42.5 Å². The summed E-state index contributed by atoms with van der Waals surface area (Å²) in [6.07, 6.45) is 0.847. The van der Waals surface area contributed by atoms with Crippen LogP contribution in [0.5, 0.6) is 11.5 Å². The van der Waals surface area contributed by atoms with E-state index in [1.54, 1.807) is 0 Å². The van der Waals surface area contributed by atoms with Gasteiger partial charge in [-0.3, -0.25) is 4.79 Å². The average Bonchev–Trinajstić information content (AvgIpc) is 3.04. The van der Waals surface area contributed by atoms with Crippen molar-refractivity contribution in [1.82, 2.24) is 10.6 Å². The van der Waals surface area contributed by atoms with E-state index in [9.17, 15) is 4.79 Å². The Balaban J connectivity index is 1.51. The molecule has 0 spiro atoms. The Morgan fingerprint density at radius 1 is 1.08 bits per heavy atom. The highest BCUT2D eigenvalue weighted by Crippen LogP contribution is 2.25. The van der Waals surface area contributed by atoms with Crippen molar-refractivity contribution in [3.05, 3.63) is 59.2 Å². The molecule has 2 aromatic carbocycles. The normalized spacial score (nSPS) is 16.4. The van der Waals surface area contributed by atoms with Crippen LogP contribution in [0.3, 0.4) is 0 Å². The largest absolute Gasteiger partial charge is 0.490 e. The summed E-state index contributed by atoms with van der Waals surface area (Å²) in [5, 5.41) is 6.16. The number of rotatable bonds is 8. The number of aryl methyl sites for hydroxylation is 2. The van der Waals surface area contributed by atoms with Gasteiger partial charge in [0.1, 0.15) is 24.7 Å². The molecule has 1 atom stereocenters. The quantitative estimate of drug-likeness (QED) is 0.716. The first-order chi connectivity index (χ1) is 12.6. The highest BCUT2D eigenvalue weighted by molar-refractivity contribution is 5.83. The standard InChI is InChI=1S/C21H26N2O3/c1-15-12-17(14-23-19-8-9-22-21(19)24)13-16(2)20(15)26-11-10-25-18-6-4-3-5-7-18/h3-7,12-13,19,23H,8-11,14H2,1-2H3,(H,22,24). The van der Waals surface area contributed by atoms with E-state index in [0.29, 0.717) is 19.8 Å². The van der Waals surface area contributed by atoms with Crippen molar-refractivity contribution in [1.29, 1.82) is 0 Å². The fraction of sp³-hybridized carbons (Fsp3) is 0.381. The Kier molecular flexibility index (Phi) is 6.12. The van der Waals surface area contributed by atoms with Crippen LogP contribution >= 0.6 is 0 Å². The predicted molar refractivity (Wildman–Crippen MR) is 102 cm³/mol. The van der Waals surface area contributed by atoms with Crippen LogP contribution < -0.4 is 20.1 Å². The van der Waals surface area contributed by atoms with E-state index < -0.39 is 0 Å². The second-order valence-corrected chi connectivity index (χ2v) is 6.58. The minimum Gasteiger partial charge on any atom is -0.490 e. The number of carbonyl (C=O) groups excluding carboxylic acids is 1. The van der Waals surface area contributed by atoms with Crippen molar-refractivity contribution >= 4 is 5.91 Å². The fourth-order valence-corrected chi connectivity index (χ4v) is 3.22. The highest BCUT2D eigenvalue weighted by Gasteiger charge is 2.23. The van der Waals surface area contributed by atoms with Gasteiger partial charge in [-0.1, -0.05) is 30.3 Å². The van der Waals surface area contributed by atoms with Crippen LogP contribution in [0.1, 0.15) is 23.1 Å². The van der Waals surface area contributed by atoms with Gasteiger partial charge in [0.2, 0.25) is 5.91 Å². The molecule has 3 rings (SSSR count). The summed E-state index contributed by atoms with van der Waals surface area (Å²) < 4.78 is 11.6. The number of benzene rings is 2. The van der Waals surface area contributed by atoms with E-state index in [1.807, 2.05) is 44.2 Å². The third kappa shape index (κ3) is 4.76. The minimum atomic E-state index is -0.0818. The Labute approximate surface area is 154 Å². The second kappa shape index (κ2) is 8.72. The number of hydrogen-bond acceptors (Lipinski definition) is 4.